The average Bonchev–Trinajstić information content (AvgIpc) is 3.24. The van der Waals surface area contributed by atoms with Crippen LogP contribution in [0.4, 0.5) is 11.4 Å². The molecule has 0 bridgehead atoms. The maximum absolute atomic E-state index is 12.7. The molecule has 0 aliphatic carbocycles. The van der Waals surface area contributed by atoms with Crippen molar-refractivity contribution in [3.63, 3.8) is 0 Å². The Morgan fingerprint density at radius 2 is 1.74 bits per heavy atom. The molecular formula is C26H32N4O4. The molecule has 8 nitrogen and oxygen atoms in total. The fourth-order valence-corrected chi connectivity index (χ4v) is 5.06. The van der Waals surface area contributed by atoms with E-state index in [0.29, 0.717) is 36.9 Å². The van der Waals surface area contributed by atoms with Gasteiger partial charge < -0.3 is 25.0 Å². The van der Waals surface area contributed by atoms with Crippen molar-refractivity contribution in [2.75, 3.05) is 56.7 Å². The largest absolute Gasteiger partial charge is 0.486 e. The Bertz CT molecular complexity index is 1070. The molecule has 0 spiro atoms. The minimum atomic E-state index is -0.690. The van der Waals surface area contributed by atoms with Crippen molar-refractivity contribution in [3.05, 3.63) is 47.5 Å². The summed E-state index contributed by atoms with van der Waals surface area (Å²) in [4.78, 5) is 30.0. The van der Waals surface area contributed by atoms with Crippen LogP contribution in [0.5, 0.6) is 11.5 Å². The fourth-order valence-electron chi connectivity index (χ4n) is 5.06. The molecule has 2 aromatic carbocycles. The highest BCUT2D eigenvalue weighted by Crippen LogP contribution is 2.33. The quantitative estimate of drug-likeness (QED) is 0.662. The number of hydrogen-bond acceptors (Lipinski definition) is 6. The first-order valence-corrected chi connectivity index (χ1v) is 12.2. The lowest BCUT2D eigenvalue weighted by Crippen LogP contribution is -2.43. The molecule has 3 heterocycles. The minimum Gasteiger partial charge on any atom is -0.486 e. The van der Waals surface area contributed by atoms with Gasteiger partial charge in [0.2, 0.25) is 0 Å². The smallest absolute Gasteiger partial charge is 0.313 e. The molecule has 0 aromatic heterocycles. The third-order valence-corrected chi connectivity index (χ3v) is 6.91. The van der Waals surface area contributed by atoms with E-state index in [-0.39, 0.29) is 6.04 Å². The van der Waals surface area contributed by atoms with Crippen LogP contribution < -0.4 is 25.0 Å². The summed E-state index contributed by atoms with van der Waals surface area (Å²) in [5, 5.41) is 5.55. The molecule has 2 aromatic rings. The van der Waals surface area contributed by atoms with Gasteiger partial charge in [-0.1, -0.05) is 18.6 Å². The second kappa shape index (κ2) is 9.93. The number of nitrogens with one attached hydrogen (secondary N) is 2. The van der Waals surface area contributed by atoms with E-state index in [1.165, 1.54) is 23.2 Å². The molecule has 1 saturated heterocycles. The molecule has 8 heteroatoms. The Labute approximate surface area is 200 Å². The van der Waals surface area contributed by atoms with E-state index in [4.69, 9.17) is 9.47 Å². The number of likely N-dealkylation sites (N-methyl/N-ethyl adjacent to an activating group) is 1. The van der Waals surface area contributed by atoms with E-state index in [1.807, 2.05) is 0 Å². The molecule has 1 atom stereocenters. The topological polar surface area (TPSA) is 83.1 Å². The van der Waals surface area contributed by atoms with Gasteiger partial charge in [0.15, 0.2) is 11.5 Å². The predicted molar refractivity (Wildman–Crippen MR) is 131 cm³/mol. The molecule has 0 radical (unpaired) electrons. The zero-order valence-corrected chi connectivity index (χ0v) is 19.6. The van der Waals surface area contributed by atoms with E-state index < -0.39 is 11.8 Å². The van der Waals surface area contributed by atoms with Gasteiger partial charge in [0.05, 0.1) is 6.04 Å². The lowest BCUT2D eigenvalue weighted by Gasteiger charge is -2.35. The van der Waals surface area contributed by atoms with Gasteiger partial charge in [-0.2, -0.15) is 0 Å². The lowest BCUT2D eigenvalue weighted by atomic mass is 9.98. The standard InChI is InChI=1S/C26H32N4O4/c1-29-12-9-19-15-18(5-7-21(19)29)22(30-10-3-2-4-11-30)17-27-25(31)26(32)28-20-6-8-23-24(16-20)34-14-13-33-23/h5-8,15-16,22H,2-4,9-14,17H2,1H3,(H,27,31)(H,28,32)/t22-/m1/s1. The molecule has 0 saturated carbocycles. The van der Waals surface area contributed by atoms with Crippen molar-refractivity contribution in [2.24, 2.45) is 0 Å². The highest BCUT2D eigenvalue weighted by Gasteiger charge is 2.26. The average molecular weight is 465 g/mol. The molecule has 3 aliphatic heterocycles. The second-order valence-electron chi connectivity index (χ2n) is 9.19. The van der Waals surface area contributed by atoms with Crippen molar-refractivity contribution >= 4 is 23.2 Å². The number of piperidine rings is 1. The third-order valence-electron chi connectivity index (χ3n) is 6.91. The van der Waals surface area contributed by atoms with Crippen LogP contribution in [0.25, 0.3) is 0 Å². The Morgan fingerprint density at radius 3 is 2.56 bits per heavy atom. The number of likely N-dealkylation sites (tertiary alicyclic amines) is 1. The highest BCUT2D eigenvalue weighted by molar-refractivity contribution is 6.39. The van der Waals surface area contributed by atoms with E-state index in [2.05, 4.69) is 45.7 Å². The van der Waals surface area contributed by atoms with E-state index in [9.17, 15) is 9.59 Å². The van der Waals surface area contributed by atoms with Gasteiger partial charge >= 0.3 is 11.8 Å². The molecule has 5 rings (SSSR count). The molecule has 2 N–H and O–H groups in total. The maximum atomic E-state index is 12.7. The first-order chi connectivity index (χ1) is 16.6. The fraction of sp³-hybridized carbons (Fsp3) is 0.462. The van der Waals surface area contributed by atoms with E-state index in [0.717, 1.165) is 38.9 Å². The number of anilines is 2. The van der Waals surface area contributed by atoms with Gasteiger partial charge in [-0.3, -0.25) is 14.5 Å². The third kappa shape index (κ3) is 4.82. The Morgan fingerprint density at radius 1 is 0.941 bits per heavy atom. The van der Waals surface area contributed by atoms with Crippen molar-refractivity contribution in [1.29, 1.82) is 0 Å². The summed E-state index contributed by atoms with van der Waals surface area (Å²) in [6.45, 7) is 4.38. The Balaban J connectivity index is 1.25. The van der Waals surface area contributed by atoms with Crippen LogP contribution in [0, 0.1) is 0 Å². The molecule has 180 valence electrons. The first kappa shape index (κ1) is 22.5. The zero-order valence-electron chi connectivity index (χ0n) is 19.6. The molecule has 1 fully saturated rings. The molecular weight excluding hydrogens is 432 g/mol. The molecule has 34 heavy (non-hydrogen) atoms. The summed E-state index contributed by atoms with van der Waals surface area (Å²) in [6.07, 6.45) is 4.59. The van der Waals surface area contributed by atoms with Crippen molar-refractivity contribution in [1.82, 2.24) is 10.2 Å². The van der Waals surface area contributed by atoms with Crippen LogP contribution in [0.15, 0.2) is 36.4 Å². The lowest BCUT2D eigenvalue weighted by molar-refractivity contribution is -0.136. The Kier molecular flexibility index (Phi) is 6.58. The summed E-state index contributed by atoms with van der Waals surface area (Å²) in [5.74, 6) is -0.127. The molecule has 3 aliphatic rings. The minimum absolute atomic E-state index is 0.0440. The van der Waals surface area contributed by atoms with Crippen LogP contribution >= 0.6 is 0 Å². The SMILES string of the molecule is CN1CCc2cc([C@@H](CNC(=O)C(=O)Nc3ccc4c(c3)OCCO4)N3CCCCC3)ccc21. The number of carbonyl (C=O) groups excluding carboxylic acids is 2. The van der Waals surface area contributed by atoms with Gasteiger partial charge in [0.25, 0.3) is 0 Å². The van der Waals surface area contributed by atoms with Crippen LogP contribution in [0.2, 0.25) is 0 Å². The van der Waals surface area contributed by atoms with Crippen molar-refractivity contribution in [2.45, 2.75) is 31.7 Å². The van der Waals surface area contributed by atoms with Crippen LogP contribution in [-0.4, -0.2) is 63.2 Å². The number of rotatable bonds is 5. The van der Waals surface area contributed by atoms with E-state index >= 15 is 0 Å². The number of ether oxygens (including phenoxy) is 2. The van der Waals surface area contributed by atoms with Crippen LogP contribution in [-0.2, 0) is 16.0 Å². The normalized spacial score (nSPS) is 18.2. The number of hydrogen-bond donors (Lipinski definition) is 2. The monoisotopic (exact) mass is 464 g/mol. The molecule has 2 amide bonds. The summed E-state index contributed by atoms with van der Waals surface area (Å²) in [7, 11) is 2.12. The van der Waals surface area contributed by atoms with Gasteiger partial charge in [0.1, 0.15) is 13.2 Å². The number of fused-ring (bicyclic) bond motifs is 2. The van der Waals surface area contributed by atoms with Crippen LogP contribution in [0.3, 0.4) is 0 Å². The first-order valence-electron chi connectivity index (χ1n) is 12.2. The predicted octanol–water partition coefficient (Wildman–Crippen LogP) is 2.73. The van der Waals surface area contributed by atoms with Crippen LogP contribution in [0.1, 0.15) is 36.4 Å². The number of benzene rings is 2. The zero-order chi connectivity index (χ0) is 23.5. The summed E-state index contributed by atoms with van der Waals surface area (Å²) < 4.78 is 11.1. The van der Waals surface area contributed by atoms with Crippen molar-refractivity contribution < 1.29 is 19.1 Å². The van der Waals surface area contributed by atoms with E-state index in [1.54, 1.807) is 18.2 Å². The highest BCUT2D eigenvalue weighted by atomic mass is 16.6. The molecule has 0 unspecified atom stereocenters. The summed E-state index contributed by atoms with van der Waals surface area (Å²) in [5.41, 5.74) is 4.33. The summed E-state index contributed by atoms with van der Waals surface area (Å²) in [6, 6.07) is 11.8. The Hall–Kier alpha value is -3.26. The van der Waals surface area contributed by atoms with Gasteiger partial charge in [-0.25, -0.2) is 0 Å². The number of amides is 2. The van der Waals surface area contributed by atoms with Gasteiger partial charge in [-0.15, -0.1) is 0 Å². The summed E-state index contributed by atoms with van der Waals surface area (Å²) >= 11 is 0. The van der Waals surface area contributed by atoms with Crippen molar-refractivity contribution in [3.8, 4) is 11.5 Å². The number of carbonyl (C=O) groups is 2. The second-order valence-corrected chi connectivity index (χ2v) is 9.19. The maximum Gasteiger partial charge on any atom is 0.313 e. The van der Waals surface area contributed by atoms with Gasteiger partial charge in [0, 0.05) is 37.6 Å². The number of nitrogens with zero attached hydrogens (tertiary/aromatic N) is 2. The van der Waals surface area contributed by atoms with Gasteiger partial charge in [-0.05, 0) is 61.7 Å².